The van der Waals surface area contributed by atoms with Crippen LogP contribution in [0.3, 0.4) is 0 Å². The fraction of sp³-hybridized carbons (Fsp3) is 0.586. The molecule has 0 saturated carbocycles. The van der Waals surface area contributed by atoms with Gasteiger partial charge in [0.1, 0.15) is 0 Å². The van der Waals surface area contributed by atoms with Gasteiger partial charge in [-0.1, -0.05) is 137 Å². The largest absolute Gasteiger partial charge is 0.0654 e. The Balaban J connectivity index is 1.80. The first-order valence-electron chi connectivity index (χ1n) is 12.6. The zero-order valence-corrected chi connectivity index (χ0v) is 20.9. The first-order valence-corrected chi connectivity index (χ1v) is 13.4. The topological polar surface area (TPSA) is 0 Å². The van der Waals surface area contributed by atoms with E-state index in [0.717, 1.165) is 0 Å². The Kier molecular flexibility index (Phi) is 9.50. The molecule has 1 heteroatoms. The minimum atomic E-state index is 0.224. The van der Waals surface area contributed by atoms with Crippen LogP contribution in [0.2, 0.25) is 0 Å². The number of unbranched alkanes of at least 4 members (excludes halogenated alkanes) is 10. The number of fused-ring (bicyclic) bond motifs is 3. The van der Waals surface area contributed by atoms with Crippen molar-refractivity contribution < 1.29 is 0 Å². The van der Waals surface area contributed by atoms with Crippen LogP contribution in [0.25, 0.3) is 11.1 Å². The van der Waals surface area contributed by atoms with Gasteiger partial charge in [-0.3, -0.25) is 0 Å². The van der Waals surface area contributed by atoms with Gasteiger partial charge in [0, 0.05) is 9.89 Å². The average Bonchev–Trinajstić information content (AvgIpc) is 3.03. The molecule has 0 heterocycles. The first kappa shape index (κ1) is 23.6. The smallest absolute Gasteiger partial charge is 0.0215 e. The molecule has 0 spiro atoms. The summed E-state index contributed by atoms with van der Waals surface area (Å²) in [5.41, 5.74) is 6.36. The standard InChI is InChI=1S/C29H41Br/c1-3-5-7-9-11-15-21-29(22-16-12-10-8-6-4-2)27-18-14-13-17-25(27)26-23-24(30)19-20-28(26)29/h13-14,17-20,23H,3-12,15-16,21-22H2,1-2H3. The van der Waals surface area contributed by atoms with E-state index in [1.54, 1.807) is 11.1 Å². The summed E-state index contributed by atoms with van der Waals surface area (Å²) >= 11 is 3.73. The molecule has 30 heavy (non-hydrogen) atoms. The third-order valence-corrected chi connectivity index (χ3v) is 7.64. The van der Waals surface area contributed by atoms with Crippen molar-refractivity contribution in [1.29, 1.82) is 0 Å². The predicted octanol–water partition coefficient (Wildman–Crippen LogP) is 10.2. The lowest BCUT2D eigenvalue weighted by atomic mass is 9.70. The molecule has 0 radical (unpaired) electrons. The second kappa shape index (κ2) is 12.1. The van der Waals surface area contributed by atoms with E-state index >= 15 is 0 Å². The van der Waals surface area contributed by atoms with E-state index in [1.165, 1.54) is 105 Å². The molecule has 164 valence electrons. The Morgan fingerprint density at radius 2 is 1.13 bits per heavy atom. The molecule has 2 aromatic carbocycles. The van der Waals surface area contributed by atoms with Gasteiger partial charge >= 0.3 is 0 Å². The van der Waals surface area contributed by atoms with Crippen LogP contribution in [0.5, 0.6) is 0 Å². The molecule has 2 aromatic rings. The monoisotopic (exact) mass is 468 g/mol. The summed E-state index contributed by atoms with van der Waals surface area (Å²) in [6.45, 7) is 4.61. The summed E-state index contributed by atoms with van der Waals surface area (Å²) in [6.07, 6.45) is 19.1. The molecular weight excluding hydrogens is 428 g/mol. The second-order valence-corrected chi connectivity index (χ2v) is 10.3. The zero-order valence-electron chi connectivity index (χ0n) is 19.3. The van der Waals surface area contributed by atoms with Crippen molar-refractivity contribution in [2.75, 3.05) is 0 Å². The van der Waals surface area contributed by atoms with Crippen molar-refractivity contribution in [3.8, 4) is 11.1 Å². The molecule has 1 aliphatic carbocycles. The van der Waals surface area contributed by atoms with Gasteiger partial charge in [-0.25, -0.2) is 0 Å². The molecule has 0 fully saturated rings. The molecule has 0 nitrogen and oxygen atoms in total. The normalized spacial score (nSPS) is 14.0. The van der Waals surface area contributed by atoms with Crippen molar-refractivity contribution in [3.05, 3.63) is 58.1 Å². The molecule has 0 aromatic heterocycles. The highest BCUT2D eigenvalue weighted by atomic mass is 79.9. The summed E-state index contributed by atoms with van der Waals surface area (Å²) in [7, 11) is 0. The molecule has 3 rings (SSSR count). The highest BCUT2D eigenvalue weighted by Gasteiger charge is 2.41. The van der Waals surface area contributed by atoms with Crippen LogP contribution in [0.1, 0.15) is 115 Å². The van der Waals surface area contributed by atoms with E-state index in [4.69, 9.17) is 0 Å². The third kappa shape index (κ3) is 5.58. The molecule has 1 aliphatic rings. The summed E-state index contributed by atoms with van der Waals surface area (Å²) in [5.74, 6) is 0. The molecule has 0 atom stereocenters. The summed E-state index contributed by atoms with van der Waals surface area (Å²) in [5, 5.41) is 0. The molecule has 0 saturated heterocycles. The SMILES string of the molecule is CCCCCCCCC1(CCCCCCCC)c2ccccc2-c2cc(Br)ccc21. The van der Waals surface area contributed by atoms with Crippen molar-refractivity contribution in [2.45, 2.75) is 109 Å². The zero-order chi connectivity index (χ0) is 21.2. The second-order valence-electron chi connectivity index (χ2n) is 9.35. The molecule has 0 N–H and O–H groups in total. The Hall–Kier alpha value is -1.08. The van der Waals surface area contributed by atoms with Crippen molar-refractivity contribution in [3.63, 3.8) is 0 Å². The van der Waals surface area contributed by atoms with E-state index < -0.39 is 0 Å². The highest BCUT2D eigenvalue weighted by Crippen LogP contribution is 2.54. The third-order valence-electron chi connectivity index (χ3n) is 7.14. The fourth-order valence-electron chi connectivity index (χ4n) is 5.51. The van der Waals surface area contributed by atoms with Crippen LogP contribution in [-0.4, -0.2) is 0 Å². The molecule has 0 amide bonds. The number of rotatable bonds is 14. The van der Waals surface area contributed by atoms with Gasteiger partial charge in [-0.15, -0.1) is 0 Å². The number of benzene rings is 2. The van der Waals surface area contributed by atoms with Gasteiger partial charge in [0.05, 0.1) is 0 Å². The average molecular weight is 470 g/mol. The summed E-state index contributed by atoms with van der Waals surface area (Å²) < 4.78 is 1.20. The van der Waals surface area contributed by atoms with Crippen LogP contribution in [-0.2, 0) is 5.41 Å². The Bertz CT molecular complexity index is 760. The first-order chi connectivity index (χ1) is 14.7. The van der Waals surface area contributed by atoms with Crippen LogP contribution in [0.15, 0.2) is 46.9 Å². The summed E-state index contributed by atoms with van der Waals surface area (Å²) in [6, 6.07) is 16.3. The maximum absolute atomic E-state index is 3.73. The van der Waals surface area contributed by atoms with Gasteiger partial charge < -0.3 is 0 Å². The van der Waals surface area contributed by atoms with Crippen molar-refractivity contribution >= 4 is 15.9 Å². The number of halogens is 1. The van der Waals surface area contributed by atoms with Crippen LogP contribution >= 0.6 is 15.9 Å². The van der Waals surface area contributed by atoms with E-state index in [1.807, 2.05) is 0 Å². The van der Waals surface area contributed by atoms with Crippen LogP contribution in [0.4, 0.5) is 0 Å². The minimum Gasteiger partial charge on any atom is -0.0654 e. The van der Waals surface area contributed by atoms with Gasteiger partial charge in [-0.05, 0) is 47.2 Å². The van der Waals surface area contributed by atoms with Crippen molar-refractivity contribution in [1.82, 2.24) is 0 Å². The van der Waals surface area contributed by atoms with Gasteiger partial charge in [0.2, 0.25) is 0 Å². The fourth-order valence-corrected chi connectivity index (χ4v) is 5.88. The van der Waals surface area contributed by atoms with E-state index in [2.05, 4.69) is 72.2 Å². The quantitative estimate of drug-likeness (QED) is 0.241. The van der Waals surface area contributed by atoms with Crippen LogP contribution < -0.4 is 0 Å². The molecule has 0 unspecified atom stereocenters. The van der Waals surface area contributed by atoms with Gasteiger partial charge in [0.15, 0.2) is 0 Å². The molecular formula is C29H41Br. The number of hydrogen-bond acceptors (Lipinski definition) is 0. The minimum absolute atomic E-state index is 0.224. The number of hydrogen-bond donors (Lipinski definition) is 0. The Labute approximate surface area is 194 Å². The lowest BCUT2D eigenvalue weighted by Gasteiger charge is -2.33. The molecule has 0 aliphatic heterocycles. The molecule has 0 bridgehead atoms. The summed E-state index contributed by atoms with van der Waals surface area (Å²) in [4.78, 5) is 0. The van der Waals surface area contributed by atoms with Gasteiger partial charge in [0.25, 0.3) is 0 Å². The maximum atomic E-state index is 3.73. The van der Waals surface area contributed by atoms with E-state index in [9.17, 15) is 0 Å². The maximum Gasteiger partial charge on any atom is 0.0215 e. The lowest BCUT2D eigenvalue weighted by molar-refractivity contribution is 0.398. The van der Waals surface area contributed by atoms with Gasteiger partial charge in [-0.2, -0.15) is 0 Å². The highest BCUT2D eigenvalue weighted by molar-refractivity contribution is 9.10. The lowest BCUT2D eigenvalue weighted by Crippen LogP contribution is -2.25. The van der Waals surface area contributed by atoms with E-state index in [-0.39, 0.29) is 5.41 Å². The Morgan fingerprint density at radius 1 is 0.600 bits per heavy atom. The van der Waals surface area contributed by atoms with E-state index in [0.29, 0.717) is 0 Å². The van der Waals surface area contributed by atoms with Crippen molar-refractivity contribution in [2.24, 2.45) is 0 Å². The Morgan fingerprint density at radius 3 is 1.77 bits per heavy atom. The predicted molar refractivity (Wildman–Crippen MR) is 136 cm³/mol. The van der Waals surface area contributed by atoms with Crippen LogP contribution in [0, 0.1) is 0 Å².